The molecule has 1 nitrogen and oxygen atoms in total. The predicted molar refractivity (Wildman–Crippen MR) is 168 cm³/mol. The Morgan fingerprint density at radius 3 is 1.87 bits per heavy atom. The first-order valence-electron chi connectivity index (χ1n) is 17.5. The van der Waals surface area contributed by atoms with Crippen molar-refractivity contribution in [3.05, 3.63) is 30.3 Å². The first-order chi connectivity index (χ1) is 19.1. The Balaban J connectivity index is 1.23. The summed E-state index contributed by atoms with van der Waals surface area (Å²) in [6.45, 7) is 5.95. The summed E-state index contributed by atoms with van der Waals surface area (Å²) >= 11 is 7.13. The Labute approximate surface area is 245 Å². The maximum atomic E-state index is 7.13. The molecule has 0 aromatic heterocycles. The van der Waals surface area contributed by atoms with E-state index in [1.165, 1.54) is 70.6 Å². The molecule has 1 aromatic carbocycles. The van der Waals surface area contributed by atoms with E-state index in [1.807, 2.05) is 0 Å². The molecule has 214 valence electrons. The van der Waals surface area contributed by atoms with Gasteiger partial charge in [0.1, 0.15) is 0 Å². The standard InChI is InChI=1S/C36H54ClNSi/c1-39(2,35-28-16-8-6-14-25(28)26-15-7-9-17-29(26)35)36-31-22-23(37)20-21-27(31)34-33(36)30-18-10-11-19-32(30)38(34)24-12-4-3-5-13-24/h3-5,12-13,23,25-36H,6-11,14-22H2,1-2H3. The summed E-state index contributed by atoms with van der Waals surface area (Å²) in [6.07, 6.45) is 22.3. The van der Waals surface area contributed by atoms with Crippen LogP contribution in [0.1, 0.15) is 96.3 Å². The lowest BCUT2D eigenvalue weighted by Crippen LogP contribution is -2.49. The van der Waals surface area contributed by atoms with E-state index >= 15 is 0 Å². The lowest BCUT2D eigenvalue weighted by atomic mass is 9.73. The number of alkyl halides is 1. The van der Waals surface area contributed by atoms with Crippen molar-refractivity contribution in [2.45, 2.75) is 138 Å². The van der Waals surface area contributed by atoms with Crippen LogP contribution in [0.25, 0.3) is 0 Å². The maximum absolute atomic E-state index is 7.13. The molecule has 0 spiro atoms. The van der Waals surface area contributed by atoms with Crippen molar-refractivity contribution in [1.82, 2.24) is 0 Å². The lowest BCUT2D eigenvalue weighted by molar-refractivity contribution is 0.184. The van der Waals surface area contributed by atoms with E-state index in [1.54, 1.807) is 31.4 Å². The average molecular weight is 564 g/mol. The van der Waals surface area contributed by atoms with Gasteiger partial charge in [-0.15, -0.1) is 11.6 Å². The van der Waals surface area contributed by atoms with Gasteiger partial charge in [-0.05, 0) is 116 Å². The second-order valence-corrected chi connectivity index (χ2v) is 21.8. The van der Waals surface area contributed by atoms with Crippen molar-refractivity contribution in [2.24, 2.45) is 47.3 Å². The van der Waals surface area contributed by atoms with Gasteiger partial charge < -0.3 is 4.90 Å². The van der Waals surface area contributed by atoms with Crippen LogP contribution in [0.3, 0.4) is 0 Å². The molecule has 6 saturated carbocycles. The van der Waals surface area contributed by atoms with Gasteiger partial charge in [0.15, 0.2) is 0 Å². The van der Waals surface area contributed by atoms with Crippen molar-refractivity contribution in [1.29, 1.82) is 0 Å². The van der Waals surface area contributed by atoms with Gasteiger partial charge in [-0.25, -0.2) is 0 Å². The summed E-state index contributed by atoms with van der Waals surface area (Å²) in [6, 6.07) is 13.4. The van der Waals surface area contributed by atoms with Gasteiger partial charge in [-0.1, -0.05) is 82.7 Å². The van der Waals surface area contributed by atoms with Gasteiger partial charge in [0.25, 0.3) is 0 Å². The molecule has 0 N–H and O–H groups in total. The number of rotatable bonds is 3. The van der Waals surface area contributed by atoms with E-state index in [-0.39, 0.29) is 0 Å². The lowest BCUT2D eigenvalue weighted by Gasteiger charge is -2.50. The average Bonchev–Trinajstić information content (AvgIpc) is 3.59. The van der Waals surface area contributed by atoms with E-state index in [0.717, 1.165) is 70.5 Å². The monoisotopic (exact) mass is 563 g/mol. The van der Waals surface area contributed by atoms with Crippen LogP contribution in [0.4, 0.5) is 5.69 Å². The fourth-order valence-corrected chi connectivity index (χ4v) is 20.6. The molecule has 1 aliphatic heterocycles. The highest BCUT2D eigenvalue weighted by molar-refractivity contribution is 6.80. The zero-order chi connectivity index (χ0) is 26.3. The quantitative estimate of drug-likeness (QED) is 0.261. The number of hydrogen-bond donors (Lipinski definition) is 0. The maximum Gasteiger partial charge on any atom is 0.0548 e. The minimum Gasteiger partial charge on any atom is -0.365 e. The number of benzene rings is 1. The molecule has 1 heterocycles. The smallest absolute Gasteiger partial charge is 0.0548 e. The second kappa shape index (κ2) is 10.1. The number of fused-ring (bicyclic) bond motifs is 8. The summed E-state index contributed by atoms with van der Waals surface area (Å²) in [5, 5.41) is 0.429. The number of hydrogen-bond acceptors (Lipinski definition) is 1. The van der Waals surface area contributed by atoms with Gasteiger partial charge in [0.05, 0.1) is 8.07 Å². The fourth-order valence-electron chi connectivity index (χ4n) is 13.8. The van der Waals surface area contributed by atoms with E-state index < -0.39 is 8.07 Å². The number of halogens is 1. The summed E-state index contributed by atoms with van der Waals surface area (Å²) in [7, 11) is -1.57. The third-order valence-electron chi connectivity index (χ3n) is 14.5. The van der Waals surface area contributed by atoms with Gasteiger partial charge in [-0.3, -0.25) is 0 Å². The van der Waals surface area contributed by atoms with Gasteiger partial charge in [0, 0.05) is 23.1 Å². The molecule has 12 unspecified atom stereocenters. The predicted octanol–water partition coefficient (Wildman–Crippen LogP) is 10.2. The third-order valence-corrected chi connectivity index (χ3v) is 20.1. The van der Waals surface area contributed by atoms with Crippen molar-refractivity contribution < 1.29 is 0 Å². The summed E-state index contributed by atoms with van der Waals surface area (Å²) in [4.78, 5) is 3.08. The molecule has 0 radical (unpaired) electrons. The van der Waals surface area contributed by atoms with Crippen LogP contribution < -0.4 is 4.90 Å². The molecule has 7 aliphatic rings. The third kappa shape index (κ3) is 3.95. The molecule has 39 heavy (non-hydrogen) atoms. The minimum absolute atomic E-state index is 0.429. The van der Waals surface area contributed by atoms with Crippen LogP contribution in [0.5, 0.6) is 0 Å². The Bertz CT molecular complexity index is 1000. The van der Waals surface area contributed by atoms with Crippen LogP contribution in [0.15, 0.2) is 30.3 Å². The Kier molecular flexibility index (Phi) is 6.76. The molecule has 6 aliphatic carbocycles. The highest BCUT2D eigenvalue weighted by Gasteiger charge is 2.68. The highest BCUT2D eigenvalue weighted by atomic mass is 35.5. The Morgan fingerprint density at radius 1 is 0.615 bits per heavy atom. The molecule has 0 bridgehead atoms. The molecule has 0 amide bonds. The van der Waals surface area contributed by atoms with Gasteiger partial charge in [-0.2, -0.15) is 0 Å². The van der Waals surface area contributed by atoms with E-state index in [9.17, 15) is 0 Å². The fraction of sp³-hybridized carbons (Fsp3) is 0.833. The number of anilines is 1. The van der Waals surface area contributed by atoms with Gasteiger partial charge in [0.2, 0.25) is 0 Å². The molecule has 3 heteroatoms. The normalized spacial score (nSPS) is 49.1. The summed E-state index contributed by atoms with van der Waals surface area (Å²) in [5.74, 6) is 8.01. The molecule has 12 atom stereocenters. The molecule has 1 saturated heterocycles. The minimum atomic E-state index is -1.57. The van der Waals surface area contributed by atoms with Crippen molar-refractivity contribution >= 4 is 25.4 Å². The van der Waals surface area contributed by atoms with Crippen LogP contribution in [-0.4, -0.2) is 25.5 Å². The summed E-state index contributed by atoms with van der Waals surface area (Å²) < 4.78 is 0. The highest BCUT2D eigenvalue weighted by Crippen LogP contribution is 2.71. The van der Waals surface area contributed by atoms with Crippen LogP contribution in [-0.2, 0) is 0 Å². The Hall–Kier alpha value is -0.473. The first-order valence-corrected chi connectivity index (χ1v) is 21.1. The largest absolute Gasteiger partial charge is 0.365 e. The molecular formula is C36H54ClNSi. The van der Waals surface area contributed by atoms with Crippen molar-refractivity contribution in [2.75, 3.05) is 4.90 Å². The molecule has 1 aromatic rings. The molecule has 7 fully saturated rings. The van der Waals surface area contributed by atoms with Crippen LogP contribution in [0, 0.1) is 47.3 Å². The molecular weight excluding hydrogens is 510 g/mol. The van der Waals surface area contributed by atoms with Crippen molar-refractivity contribution in [3.8, 4) is 0 Å². The van der Waals surface area contributed by atoms with Crippen LogP contribution >= 0.6 is 11.6 Å². The number of para-hydroxylation sites is 1. The Morgan fingerprint density at radius 2 is 1.21 bits per heavy atom. The van der Waals surface area contributed by atoms with E-state index in [0.29, 0.717) is 5.38 Å². The number of nitrogens with zero attached hydrogens (tertiary/aromatic N) is 1. The molecule has 8 rings (SSSR count). The van der Waals surface area contributed by atoms with Crippen LogP contribution in [0.2, 0.25) is 24.2 Å². The zero-order valence-corrected chi connectivity index (χ0v) is 26.6. The van der Waals surface area contributed by atoms with E-state index in [4.69, 9.17) is 11.6 Å². The van der Waals surface area contributed by atoms with Crippen molar-refractivity contribution in [3.63, 3.8) is 0 Å². The second-order valence-electron chi connectivity index (χ2n) is 16.2. The SMILES string of the molecule is C[Si](C)(C1C2CCCCC2C2CCCCC21)C1C2CC(Cl)CCC2C2C1C1CCCCC1N2c1ccccc1. The van der Waals surface area contributed by atoms with E-state index in [2.05, 4.69) is 48.3 Å². The van der Waals surface area contributed by atoms with Gasteiger partial charge >= 0.3 is 0 Å². The summed E-state index contributed by atoms with van der Waals surface area (Å²) in [5.41, 5.74) is 3.65. The topological polar surface area (TPSA) is 3.24 Å². The zero-order valence-electron chi connectivity index (χ0n) is 24.8. The first kappa shape index (κ1) is 26.2.